The number of nitrogens with one attached hydrogen (secondary N) is 1. The highest BCUT2D eigenvalue weighted by Crippen LogP contribution is 2.30. The molecule has 0 bridgehead atoms. The lowest BCUT2D eigenvalue weighted by atomic mass is 9.99. The second-order valence-electron chi connectivity index (χ2n) is 12.7. The van der Waals surface area contributed by atoms with Crippen molar-refractivity contribution in [2.24, 2.45) is 18.9 Å². The van der Waals surface area contributed by atoms with Crippen molar-refractivity contribution in [2.75, 3.05) is 31.6 Å². The molecule has 3 aromatic rings. The maximum atomic E-state index is 12.6. The Labute approximate surface area is 231 Å². The normalized spacial score (nSPS) is 18.1. The van der Waals surface area contributed by atoms with Gasteiger partial charge in [0.05, 0.1) is 23.9 Å². The van der Waals surface area contributed by atoms with E-state index in [1.54, 1.807) is 15.8 Å². The summed E-state index contributed by atoms with van der Waals surface area (Å²) in [5.74, 6) is 1.34. The van der Waals surface area contributed by atoms with Crippen LogP contribution in [0.15, 0.2) is 24.7 Å². The van der Waals surface area contributed by atoms with Crippen molar-refractivity contribution < 1.29 is 19.0 Å². The van der Waals surface area contributed by atoms with Crippen LogP contribution < -0.4 is 10.1 Å². The van der Waals surface area contributed by atoms with Gasteiger partial charge in [-0.3, -0.25) is 4.68 Å². The molecule has 12 heteroatoms. The fourth-order valence-electron chi connectivity index (χ4n) is 4.38. The van der Waals surface area contributed by atoms with Gasteiger partial charge in [-0.25, -0.2) is 4.79 Å². The predicted octanol–water partition coefficient (Wildman–Crippen LogP) is 5.10. The van der Waals surface area contributed by atoms with Crippen LogP contribution in [0.1, 0.15) is 27.7 Å². The van der Waals surface area contributed by atoms with E-state index in [1.807, 2.05) is 50.8 Å². The number of fused-ring (bicyclic) bond motifs is 1. The molecule has 4 heterocycles. The number of likely N-dealkylation sites (tertiary alicyclic amines) is 1. The topological polar surface area (TPSA) is 109 Å². The van der Waals surface area contributed by atoms with Gasteiger partial charge in [0.2, 0.25) is 11.8 Å². The number of aryl methyl sites for hydroxylation is 1. The molecule has 0 spiro atoms. The number of nitrogens with zero attached hydrogens (tertiary/aromatic N) is 6. The van der Waals surface area contributed by atoms with Crippen molar-refractivity contribution in [1.82, 2.24) is 29.2 Å². The molecule has 0 radical (unpaired) electrons. The molecule has 0 aliphatic carbocycles. The van der Waals surface area contributed by atoms with Crippen LogP contribution in [0.5, 0.6) is 5.88 Å². The van der Waals surface area contributed by atoms with Gasteiger partial charge in [0, 0.05) is 53.1 Å². The average Bonchev–Trinajstić information content (AvgIpc) is 3.52. The number of ether oxygens (including phenoxy) is 3. The third kappa shape index (κ3) is 7.95. The molecule has 11 nitrogen and oxygen atoms in total. The highest BCUT2D eigenvalue weighted by molar-refractivity contribution is 6.76. The molecule has 3 aromatic heterocycles. The molecule has 1 amide bonds. The van der Waals surface area contributed by atoms with Gasteiger partial charge in [0.1, 0.15) is 12.3 Å². The Morgan fingerprint density at radius 2 is 1.97 bits per heavy atom. The minimum absolute atomic E-state index is 0.157. The lowest BCUT2D eigenvalue weighted by Gasteiger charge is -2.24. The summed E-state index contributed by atoms with van der Waals surface area (Å²) in [7, 11) is 0.681. The van der Waals surface area contributed by atoms with Crippen LogP contribution >= 0.6 is 0 Å². The van der Waals surface area contributed by atoms with Gasteiger partial charge in [-0.2, -0.15) is 15.1 Å². The van der Waals surface area contributed by atoms with Crippen molar-refractivity contribution in [3.05, 3.63) is 24.7 Å². The van der Waals surface area contributed by atoms with E-state index < -0.39 is 13.7 Å². The Hall–Kier alpha value is -3.12. The maximum Gasteiger partial charge on any atom is 0.410 e. The first-order valence-electron chi connectivity index (χ1n) is 13.6. The van der Waals surface area contributed by atoms with Crippen LogP contribution in [0.4, 0.5) is 16.4 Å². The second-order valence-corrected chi connectivity index (χ2v) is 18.3. The molecule has 2 atom stereocenters. The minimum Gasteiger partial charge on any atom is -0.477 e. The number of hydrogen-bond donors (Lipinski definition) is 1. The van der Waals surface area contributed by atoms with Crippen molar-refractivity contribution in [2.45, 2.75) is 65.7 Å². The van der Waals surface area contributed by atoms with Gasteiger partial charge in [0.15, 0.2) is 5.65 Å². The Bertz CT molecular complexity index is 1280. The summed E-state index contributed by atoms with van der Waals surface area (Å²) in [5.41, 5.74) is 0.990. The van der Waals surface area contributed by atoms with Crippen LogP contribution in [0.25, 0.3) is 11.0 Å². The van der Waals surface area contributed by atoms with E-state index in [1.165, 1.54) is 0 Å². The van der Waals surface area contributed by atoms with Crippen LogP contribution in [0, 0.1) is 11.8 Å². The Kier molecular flexibility index (Phi) is 8.55. The molecule has 1 saturated heterocycles. The number of amides is 1. The highest BCUT2D eigenvalue weighted by Gasteiger charge is 2.35. The van der Waals surface area contributed by atoms with Crippen molar-refractivity contribution in [3.8, 4) is 5.88 Å². The van der Waals surface area contributed by atoms with E-state index in [0.717, 1.165) is 29.4 Å². The van der Waals surface area contributed by atoms with Gasteiger partial charge in [-0.05, 0) is 38.8 Å². The smallest absolute Gasteiger partial charge is 0.410 e. The first-order valence-corrected chi connectivity index (χ1v) is 17.3. The third-order valence-corrected chi connectivity index (χ3v) is 8.33. The zero-order valence-corrected chi connectivity index (χ0v) is 25.5. The second kappa shape index (κ2) is 11.5. The number of carbonyl (C=O) groups is 1. The highest BCUT2D eigenvalue weighted by atomic mass is 28.3. The average molecular weight is 558 g/mol. The molecular formula is C27H43N7O4Si. The molecule has 1 aliphatic heterocycles. The quantitative estimate of drug-likeness (QED) is 0.271. The van der Waals surface area contributed by atoms with Crippen LogP contribution in [-0.4, -0.2) is 75.3 Å². The number of aromatic nitrogens is 5. The Morgan fingerprint density at radius 3 is 2.64 bits per heavy atom. The van der Waals surface area contributed by atoms with E-state index in [-0.39, 0.29) is 17.9 Å². The molecule has 0 unspecified atom stereocenters. The molecule has 4 rings (SSSR count). The van der Waals surface area contributed by atoms with E-state index in [2.05, 4.69) is 37.0 Å². The van der Waals surface area contributed by atoms with Crippen molar-refractivity contribution in [3.63, 3.8) is 0 Å². The summed E-state index contributed by atoms with van der Waals surface area (Å²) in [4.78, 5) is 23.8. The number of hydrogen-bond acceptors (Lipinski definition) is 8. The van der Waals surface area contributed by atoms with Crippen molar-refractivity contribution >= 4 is 36.8 Å². The Morgan fingerprint density at radius 1 is 1.21 bits per heavy atom. The van der Waals surface area contributed by atoms with Crippen LogP contribution in [0.2, 0.25) is 25.7 Å². The standard InChI is InChI=1S/C27H43N7O4Si/c1-19-14-34(26(35)38-27(2,3)4)15-20(19)17-37-24-22-9-10-33(18-36-11-12-39(6,7)8)23(22)30-25(31-24)29-21-13-28-32(5)16-21/h9-10,13,16,19-20H,11-12,14-15,17-18H2,1-8H3,(H,29,30,31)/t19-,20+/m1/s1. The summed E-state index contributed by atoms with van der Waals surface area (Å²) in [6.45, 7) is 17.6. The number of anilines is 2. The lowest BCUT2D eigenvalue weighted by molar-refractivity contribution is 0.0282. The molecule has 0 saturated carbocycles. The van der Waals surface area contributed by atoms with Gasteiger partial charge >= 0.3 is 6.09 Å². The fourth-order valence-corrected chi connectivity index (χ4v) is 5.13. The maximum absolute atomic E-state index is 12.6. The first kappa shape index (κ1) is 28.9. The Balaban J connectivity index is 1.50. The monoisotopic (exact) mass is 557 g/mol. The van der Waals surface area contributed by atoms with E-state index in [4.69, 9.17) is 24.2 Å². The molecule has 1 aliphatic rings. The predicted molar refractivity (Wildman–Crippen MR) is 154 cm³/mol. The third-order valence-electron chi connectivity index (χ3n) is 6.63. The molecule has 1 fully saturated rings. The molecule has 1 N–H and O–H groups in total. The van der Waals surface area contributed by atoms with Gasteiger partial charge in [-0.1, -0.05) is 26.6 Å². The lowest BCUT2D eigenvalue weighted by Crippen LogP contribution is -2.35. The molecular weight excluding hydrogens is 514 g/mol. The SMILES string of the molecule is C[C@@H]1CN(C(=O)OC(C)(C)C)C[C@H]1COc1nc(Nc2cnn(C)c2)nc2c1ccn2COCC[Si](C)(C)C. The number of rotatable bonds is 10. The van der Waals surface area contributed by atoms with Gasteiger partial charge in [-0.15, -0.1) is 0 Å². The number of carbonyl (C=O) groups excluding carboxylic acids is 1. The summed E-state index contributed by atoms with van der Waals surface area (Å²) >= 11 is 0. The summed E-state index contributed by atoms with van der Waals surface area (Å²) in [5, 5.41) is 8.27. The summed E-state index contributed by atoms with van der Waals surface area (Å²) in [6.07, 6.45) is 5.25. The van der Waals surface area contributed by atoms with E-state index >= 15 is 0 Å². The zero-order valence-electron chi connectivity index (χ0n) is 24.5. The first-order chi connectivity index (χ1) is 18.3. The van der Waals surface area contributed by atoms with Gasteiger partial charge in [0.25, 0.3) is 0 Å². The largest absolute Gasteiger partial charge is 0.477 e. The van der Waals surface area contributed by atoms with Crippen LogP contribution in [0.3, 0.4) is 0 Å². The van der Waals surface area contributed by atoms with Crippen LogP contribution in [-0.2, 0) is 23.3 Å². The summed E-state index contributed by atoms with van der Waals surface area (Å²) in [6, 6.07) is 3.06. The molecule has 0 aromatic carbocycles. The van der Waals surface area contributed by atoms with Crippen molar-refractivity contribution in [1.29, 1.82) is 0 Å². The zero-order chi connectivity index (χ0) is 28.4. The molecule has 39 heavy (non-hydrogen) atoms. The molecule has 214 valence electrons. The minimum atomic E-state index is -1.18. The fraction of sp³-hybridized carbons (Fsp3) is 0.630. The van der Waals surface area contributed by atoms with E-state index in [0.29, 0.717) is 38.3 Å². The summed E-state index contributed by atoms with van der Waals surface area (Å²) < 4.78 is 21.6. The van der Waals surface area contributed by atoms with E-state index in [9.17, 15) is 4.79 Å². The van der Waals surface area contributed by atoms with Gasteiger partial charge < -0.3 is 29.0 Å².